The van der Waals surface area contributed by atoms with E-state index in [0.29, 0.717) is 5.95 Å². The molecule has 7 nitrogen and oxygen atoms in total. The third kappa shape index (κ3) is 6.11. The summed E-state index contributed by atoms with van der Waals surface area (Å²) in [6.45, 7) is 12.7. The van der Waals surface area contributed by atoms with Gasteiger partial charge in [0.2, 0.25) is 0 Å². The molecule has 31 heavy (non-hydrogen) atoms. The minimum atomic E-state index is 0.494. The molecule has 2 heterocycles. The number of hydrogen-bond acceptors (Lipinski definition) is 6. The van der Waals surface area contributed by atoms with Gasteiger partial charge in [-0.15, -0.1) is 5.10 Å². The third-order valence-electron chi connectivity index (χ3n) is 6.16. The van der Waals surface area contributed by atoms with Crippen LogP contribution < -0.4 is 10.5 Å². The normalized spacial score (nSPS) is 11.4. The number of nitrogens with one attached hydrogen (secondary N) is 2. The van der Waals surface area contributed by atoms with Gasteiger partial charge < -0.3 is 10.7 Å². The van der Waals surface area contributed by atoms with Crippen molar-refractivity contribution in [1.29, 1.82) is 0 Å². The van der Waals surface area contributed by atoms with Crippen molar-refractivity contribution in [3.8, 4) is 0 Å². The molecule has 168 valence electrons. The van der Waals surface area contributed by atoms with Gasteiger partial charge in [-0.05, 0) is 100 Å². The lowest BCUT2D eigenvalue weighted by atomic mass is 9.95. The maximum absolute atomic E-state index is 5.60. The molecule has 0 radical (unpaired) electrons. The molecule has 0 saturated heterocycles. The van der Waals surface area contributed by atoms with Gasteiger partial charge in [0.1, 0.15) is 0 Å². The highest BCUT2D eigenvalue weighted by atomic mass is 32.2. The first-order chi connectivity index (χ1) is 14.9. The van der Waals surface area contributed by atoms with Crippen molar-refractivity contribution in [2.24, 2.45) is 0 Å². The van der Waals surface area contributed by atoms with Crippen LogP contribution >= 0.6 is 11.9 Å². The van der Waals surface area contributed by atoms with Gasteiger partial charge >= 0.3 is 0 Å². The molecule has 0 aliphatic heterocycles. The summed E-state index contributed by atoms with van der Waals surface area (Å²) < 4.78 is 5.44. The number of rotatable bonds is 11. The molecule has 0 fully saturated rings. The van der Waals surface area contributed by atoms with Gasteiger partial charge in [-0.3, -0.25) is 9.40 Å². The molecule has 0 amide bonds. The van der Waals surface area contributed by atoms with Crippen LogP contribution in [0.4, 0.5) is 5.95 Å². The van der Waals surface area contributed by atoms with Gasteiger partial charge in [-0.2, -0.15) is 0 Å². The molecule has 2 aromatic heterocycles. The summed E-state index contributed by atoms with van der Waals surface area (Å²) in [6, 6.07) is 0. The molecule has 0 saturated carbocycles. The van der Waals surface area contributed by atoms with E-state index in [1.165, 1.54) is 32.7 Å². The highest BCUT2D eigenvalue weighted by Crippen LogP contribution is 2.31. The third-order valence-corrected chi connectivity index (χ3v) is 7.33. The maximum atomic E-state index is 5.60. The molecule has 0 aliphatic rings. The molecule has 8 heteroatoms. The topological polar surface area (TPSA) is 97.4 Å². The van der Waals surface area contributed by atoms with Gasteiger partial charge in [0, 0.05) is 23.3 Å². The van der Waals surface area contributed by atoms with Gasteiger partial charge in [-0.1, -0.05) is 11.6 Å². The summed E-state index contributed by atoms with van der Waals surface area (Å²) in [7, 11) is 0. The second kappa shape index (κ2) is 10.8. The van der Waals surface area contributed by atoms with E-state index < -0.39 is 0 Å². The first kappa shape index (κ1) is 23.3. The Morgan fingerprint density at radius 3 is 2.32 bits per heavy atom. The molecule has 0 atom stereocenters. The molecule has 0 spiro atoms. The first-order valence-corrected chi connectivity index (χ1v) is 11.8. The van der Waals surface area contributed by atoms with Gasteiger partial charge in [-0.25, -0.2) is 4.98 Å². The largest absolute Gasteiger partial charge is 0.369 e. The van der Waals surface area contributed by atoms with E-state index in [0.717, 1.165) is 56.6 Å². The predicted octanol–water partition coefficient (Wildman–Crippen LogP) is 4.38. The Bertz CT molecular complexity index is 977. The van der Waals surface area contributed by atoms with Crippen molar-refractivity contribution in [2.75, 3.05) is 12.3 Å². The average Bonchev–Trinajstić information content (AvgIpc) is 3.38. The molecular weight excluding hydrogens is 406 g/mol. The number of unbranched alkanes of at least 4 members (excludes halogenated alkanes) is 2. The van der Waals surface area contributed by atoms with Crippen LogP contribution in [0.25, 0.3) is 0 Å². The number of imidazole rings is 1. The smallest absolute Gasteiger partial charge is 0.197 e. The molecule has 0 aliphatic carbocycles. The Kier molecular flexibility index (Phi) is 8.15. The second-order valence-corrected chi connectivity index (χ2v) is 9.18. The number of benzene rings is 1. The Balaban J connectivity index is 1.37. The number of H-pyrrole nitrogens is 1. The van der Waals surface area contributed by atoms with Crippen molar-refractivity contribution < 1.29 is 0 Å². The maximum Gasteiger partial charge on any atom is 0.197 e. The van der Waals surface area contributed by atoms with Crippen LogP contribution in [0.15, 0.2) is 17.3 Å². The Morgan fingerprint density at radius 2 is 1.65 bits per heavy atom. The van der Waals surface area contributed by atoms with Crippen LogP contribution in [0.1, 0.15) is 58.5 Å². The van der Waals surface area contributed by atoms with Crippen molar-refractivity contribution in [1.82, 2.24) is 29.7 Å². The number of aromatic amines is 1. The molecule has 4 N–H and O–H groups in total. The van der Waals surface area contributed by atoms with E-state index in [1.54, 1.807) is 11.9 Å². The lowest BCUT2D eigenvalue weighted by Crippen LogP contribution is -2.14. The van der Waals surface area contributed by atoms with Crippen molar-refractivity contribution in [3.63, 3.8) is 0 Å². The van der Waals surface area contributed by atoms with Gasteiger partial charge in [0.05, 0.1) is 18.4 Å². The van der Waals surface area contributed by atoms with E-state index in [4.69, 9.17) is 5.73 Å². The minimum absolute atomic E-state index is 0.494. The summed E-state index contributed by atoms with van der Waals surface area (Å²) in [5, 5.41) is 8.59. The van der Waals surface area contributed by atoms with Crippen molar-refractivity contribution in [3.05, 3.63) is 51.6 Å². The summed E-state index contributed by atoms with van der Waals surface area (Å²) in [5.41, 5.74) is 14.7. The molecule has 0 bridgehead atoms. The van der Waals surface area contributed by atoms with Crippen LogP contribution in [-0.2, 0) is 19.4 Å². The summed E-state index contributed by atoms with van der Waals surface area (Å²) in [5.74, 6) is 0.494. The number of anilines is 1. The number of hydrogen-bond donors (Lipinski definition) is 3. The quantitative estimate of drug-likeness (QED) is 0.302. The SMILES string of the molecule is Cc1c(C)c(C)c(SNCCn2cc(CCCCCc3cnc(N)[nH]3)nn2)c(C)c1C. The number of nitrogen functional groups attached to an aromatic ring is 1. The van der Waals surface area contributed by atoms with E-state index in [-0.39, 0.29) is 0 Å². The highest BCUT2D eigenvalue weighted by molar-refractivity contribution is 7.97. The summed E-state index contributed by atoms with van der Waals surface area (Å²) in [6.07, 6.45) is 9.22. The zero-order valence-corrected chi connectivity index (χ0v) is 20.2. The fourth-order valence-electron chi connectivity index (χ4n) is 3.77. The van der Waals surface area contributed by atoms with Gasteiger partial charge in [0.25, 0.3) is 0 Å². The zero-order valence-electron chi connectivity index (χ0n) is 19.4. The van der Waals surface area contributed by atoms with Crippen LogP contribution in [0, 0.1) is 34.6 Å². The van der Waals surface area contributed by atoms with Crippen LogP contribution in [0.2, 0.25) is 0 Å². The molecule has 3 rings (SSSR count). The number of nitrogens with zero attached hydrogens (tertiary/aromatic N) is 4. The van der Waals surface area contributed by atoms with Gasteiger partial charge in [0.15, 0.2) is 5.95 Å². The standard InChI is InChI=1S/C23H35N7S/c1-15-16(2)18(4)22(19(5)17(15)3)31-26-11-12-30-14-21(28-29-30)10-8-6-7-9-20-13-25-23(24)27-20/h13-14,26H,6-12H2,1-5H3,(H3,24,25,27). The fraction of sp³-hybridized carbons (Fsp3) is 0.522. The van der Waals surface area contributed by atoms with Crippen molar-refractivity contribution >= 4 is 17.9 Å². The summed E-state index contributed by atoms with van der Waals surface area (Å²) >= 11 is 1.73. The highest BCUT2D eigenvalue weighted by Gasteiger charge is 2.12. The molecule has 0 unspecified atom stereocenters. The van der Waals surface area contributed by atoms with E-state index in [1.807, 2.05) is 10.9 Å². The molecular formula is C23H35N7S. The first-order valence-electron chi connectivity index (χ1n) is 11.0. The number of aromatic nitrogens is 5. The molecule has 1 aromatic carbocycles. The van der Waals surface area contributed by atoms with Crippen molar-refractivity contribution in [2.45, 2.75) is 78.2 Å². The van der Waals surface area contributed by atoms with E-state index in [2.05, 4.69) is 65.8 Å². The fourth-order valence-corrected chi connectivity index (χ4v) is 4.72. The van der Waals surface area contributed by atoms with Crippen LogP contribution in [-0.4, -0.2) is 31.5 Å². The predicted molar refractivity (Wildman–Crippen MR) is 128 cm³/mol. The monoisotopic (exact) mass is 441 g/mol. The Hall–Kier alpha value is -2.32. The Labute approximate surface area is 189 Å². The second-order valence-electron chi connectivity index (χ2n) is 8.28. The average molecular weight is 442 g/mol. The molecule has 3 aromatic rings. The van der Waals surface area contributed by atoms with E-state index >= 15 is 0 Å². The lowest BCUT2D eigenvalue weighted by Gasteiger charge is -2.18. The zero-order chi connectivity index (χ0) is 22.4. The van der Waals surface area contributed by atoms with E-state index in [9.17, 15) is 0 Å². The lowest BCUT2D eigenvalue weighted by molar-refractivity contribution is 0.587. The minimum Gasteiger partial charge on any atom is -0.369 e. The Morgan fingerprint density at radius 1 is 0.968 bits per heavy atom. The number of aryl methyl sites for hydroxylation is 2. The van der Waals surface area contributed by atoms with Crippen LogP contribution in [0.5, 0.6) is 0 Å². The van der Waals surface area contributed by atoms with Crippen LogP contribution in [0.3, 0.4) is 0 Å². The number of nitrogens with two attached hydrogens (primary N) is 1. The summed E-state index contributed by atoms with van der Waals surface area (Å²) in [4.78, 5) is 8.44.